The van der Waals surface area contributed by atoms with Crippen LogP contribution in [-0.2, 0) is 11.2 Å². The Morgan fingerprint density at radius 2 is 1.70 bits per heavy atom. The topological polar surface area (TPSA) is 122 Å². The zero-order valence-corrected chi connectivity index (χ0v) is 14.0. The lowest BCUT2D eigenvalue weighted by molar-refractivity contribution is -0.173. The van der Waals surface area contributed by atoms with Crippen molar-refractivity contribution < 1.29 is 22.8 Å². The van der Waals surface area contributed by atoms with E-state index in [0.717, 1.165) is 0 Å². The quantitative estimate of drug-likeness (QED) is 0.349. The number of benzene rings is 2. The van der Waals surface area contributed by atoms with Gasteiger partial charge < -0.3 is 16.8 Å². The first kappa shape index (κ1) is 20.0. The van der Waals surface area contributed by atoms with E-state index in [-0.39, 0.29) is 22.6 Å². The van der Waals surface area contributed by atoms with Gasteiger partial charge >= 0.3 is 6.18 Å². The van der Waals surface area contributed by atoms with E-state index in [9.17, 15) is 22.8 Å². The molecule has 0 fully saturated rings. The van der Waals surface area contributed by atoms with Gasteiger partial charge in [0.05, 0.1) is 0 Å². The third kappa shape index (κ3) is 5.06. The number of Topliss-reactive ketones (excluding diaryl/α,β-unsaturated/α-hetero) is 1. The number of nitrogens with two attached hydrogens (primary N) is 2. The number of hydrogen-bond donors (Lipinski definition) is 4. The first-order valence-corrected chi connectivity index (χ1v) is 7.79. The number of alkyl halides is 3. The Bertz CT molecular complexity index is 867. The molecule has 0 saturated carbocycles. The van der Waals surface area contributed by atoms with Crippen LogP contribution in [0, 0.1) is 5.41 Å². The molecule has 6 N–H and O–H groups in total. The molecule has 2 aromatic rings. The lowest BCUT2D eigenvalue weighted by Crippen LogP contribution is -2.48. The highest BCUT2D eigenvalue weighted by Gasteiger charge is 2.44. The molecule has 1 amide bonds. The maximum absolute atomic E-state index is 12.9. The Morgan fingerprint density at radius 3 is 2.22 bits per heavy atom. The number of carbonyl (C=O) groups is 2. The van der Waals surface area contributed by atoms with Crippen LogP contribution in [0.3, 0.4) is 0 Å². The maximum Gasteiger partial charge on any atom is 0.452 e. The Labute approximate surface area is 152 Å². The number of ketones is 1. The van der Waals surface area contributed by atoms with Crippen molar-refractivity contribution in [3.8, 4) is 0 Å². The number of hydrogen-bond acceptors (Lipinski definition) is 4. The van der Waals surface area contributed by atoms with Gasteiger partial charge in [0.2, 0.25) is 0 Å². The monoisotopic (exact) mass is 378 g/mol. The number of anilines is 1. The summed E-state index contributed by atoms with van der Waals surface area (Å²) in [7, 11) is 0. The molecular weight excluding hydrogens is 361 g/mol. The van der Waals surface area contributed by atoms with Crippen molar-refractivity contribution >= 4 is 23.2 Å². The molecule has 0 spiro atoms. The van der Waals surface area contributed by atoms with Gasteiger partial charge in [-0.25, -0.2) is 0 Å². The van der Waals surface area contributed by atoms with Crippen LogP contribution in [0.2, 0.25) is 0 Å². The van der Waals surface area contributed by atoms with Gasteiger partial charge in [0, 0.05) is 23.2 Å². The number of amidine groups is 1. The van der Waals surface area contributed by atoms with Crippen LogP contribution in [0.15, 0.2) is 48.5 Å². The lowest BCUT2D eigenvalue weighted by Gasteiger charge is -2.20. The zero-order valence-electron chi connectivity index (χ0n) is 14.0. The van der Waals surface area contributed by atoms with Gasteiger partial charge in [-0.2, -0.15) is 13.2 Å². The van der Waals surface area contributed by atoms with E-state index in [0.29, 0.717) is 5.56 Å². The third-order valence-corrected chi connectivity index (χ3v) is 3.82. The number of halogens is 3. The van der Waals surface area contributed by atoms with E-state index >= 15 is 0 Å². The van der Waals surface area contributed by atoms with Gasteiger partial charge in [0.15, 0.2) is 0 Å². The minimum atomic E-state index is -5.12. The minimum absolute atomic E-state index is 0.0663. The number of nitrogens with one attached hydrogen (secondary N) is 2. The van der Waals surface area contributed by atoms with Crippen molar-refractivity contribution in [2.75, 3.05) is 5.73 Å². The van der Waals surface area contributed by atoms with Crippen molar-refractivity contribution in [3.63, 3.8) is 0 Å². The van der Waals surface area contributed by atoms with Gasteiger partial charge in [-0.3, -0.25) is 15.0 Å². The summed E-state index contributed by atoms with van der Waals surface area (Å²) in [6, 6.07) is 9.84. The van der Waals surface area contributed by atoms with E-state index < -0.39 is 30.3 Å². The largest absolute Gasteiger partial charge is 0.452 e. The Balaban J connectivity index is 2.29. The smallest absolute Gasteiger partial charge is 0.398 e. The summed E-state index contributed by atoms with van der Waals surface area (Å²) >= 11 is 0. The SMILES string of the molecule is N=C(N)c1ccc(CC(NC(=O)c2ccccc2)C(=O)C(F)(F)F)c(N)c1. The second-order valence-corrected chi connectivity index (χ2v) is 5.79. The first-order chi connectivity index (χ1) is 12.6. The van der Waals surface area contributed by atoms with Crippen LogP contribution >= 0.6 is 0 Å². The fourth-order valence-corrected chi connectivity index (χ4v) is 2.41. The Hall–Kier alpha value is -3.36. The second kappa shape index (κ2) is 7.90. The normalized spacial score (nSPS) is 12.3. The minimum Gasteiger partial charge on any atom is -0.398 e. The van der Waals surface area contributed by atoms with E-state index in [2.05, 4.69) is 5.32 Å². The van der Waals surface area contributed by atoms with Crippen LogP contribution in [0.25, 0.3) is 0 Å². The molecule has 0 bridgehead atoms. The molecule has 2 aromatic carbocycles. The fraction of sp³-hybridized carbons (Fsp3) is 0.167. The summed E-state index contributed by atoms with van der Waals surface area (Å²) in [5, 5.41) is 9.47. The molecule has 2 rings (SSSR count). The summed E-state index contributed by atoms with van der Waals surface area (Å²) in [5.74, 6) is -3.15. The highest BCUT2D eigenvalue weighted by Crippen LogP contribution is 2.22. The second-order valence-electron chi connectivity index (χ2n) is 5.79. The third-order valence-electron chi connectivity index (χ3n) is 3.82. The molecule has 142 valence electrons. The van der Waals surface area contributed by atoms with Gasteiger partial charge in [-0.15, -0.1) is 0 Å². The van der Waals surface area contributed by atoms with E-state index in [4.69, 9.17) is 16.9 Å². The molecule has 0 radical (unpaired) electrons. The molecule has 0 aromatic heterocycles. The van der Waals surface area contributed by atoms with Crippen LogP contribution in [-0.4, -0.2) is 29.7 Å². The van der Waals surface area contributed by atoms with Crippen molar-refractivity contribution in [2.45, 2.75) is 18.6 Å². The number of amides is 1. The van der Waals surface area contributed by atoms with Gasteiger partial charge in [0.1, 0.15) is 11.9 Å². The average Bonchev–Trinajstić information content (AvgIpc) is 2.61. The van der Waals surface area contributed by atoms with E-state index in [1.165, 1.54) is 30.3 Å². The van der Waals surface area contributed by atoms with E-state index in [1.54, 1.807) is 18.2 Å². The molecule has 1 unspecified atom stereocenters. The molecule has 6 nitrogen and oxygen atoms in total. The number of nitrogen functional groups attached to an aromatic ring is 2. The highest BCUT2D eigenvalue weighted by atomic mass is 19.4. The van der Waals surface area contributed by atoms with Crippen molar-refractivity contribution in [1.29, 1.82) is 5.41 Å². The predicted octanol–water partition coefficient (Wildman–Crippen LogP) is 2.03. The summed E-state index contributed by atoms with van der Waals surface area (Å²) in [4.78, 5) is 24.0. The average molecular weight is 378 g/mol. The van der Waals surface area contributed by atoms with Crippen LogP contribution < -0.4 is 16.8 Å². The zero-order chi connectivity index (χ0) is 20.2. The molecular formula is C18H17F3N4O2. The summed E-state index contributed by atoms with van der Waals surface area (Å²) in [6.07, 6.45) is -5.58. The molecule has 0 heterocycles. The lowest BCUT2D eigenvalue weighted by atomic mass is 9.98. The van der Waals surface area contributed by atoms with Crippen LogP contribution in [0.5, 0.6) is 0 Å². The van der Waals surface area contributed by atoms with Gasteiger partial charge in [0.25, 0.3) is 11.7 Å². The Morgan fingerprint density at radius 1 is 1.07 bits per heavy atom. The molecule has 0 saturated heterocycles. The number of carbonyl (C=O) groups excluding carboxylic acids is 2. The van der Waals surface area contributed by atoms with E-state index in [1.807, 2.05) is 0 Å². The molecule has 0 aliphatic carbocycles. The molecule has 27 heavy (non-hydrogen) atoms. The van der Waals surface area contributed by atoms with Crippen molar-refractivity contribution in [3.05, 3.63) is 65.2 Å². The molecule has 9 heteroatoms. The summed E-state index contributed by atoms with van der Waals surface area (Å²) in [6.45, 7) is 0. The summed E-state index contributed by atoms with van der Waals surface area (Å²) in [5.41, 5.74) is 11.8. The van der Waals surface area contributed by atoms with Crippen LogP contribution in [0.4, 0.5) is 18.9 Å². The highest BCUT2D eigenvalue weighted by molar-refractivity contribution is 5.99. The summed E-state index contributed by atoms with van der Waals surface area (Å²) < 4.78 is 38.8. The van der Waals surface area contributed by atoms with Crippen molar-refractivity contribution in [2.24, 2.45) is 5.73 Å². The van der Waals surface area contributed by atoms with Gasteiger partial charge in [-0.05, 0) is 23.8 Å². The number of rotatable bonds is 6. The predicted molar refractivity (Wildman–Crippen MR) is 94.3 cm³/mol. The standard InChI is InChI=1S/C18H17F3N4O2/c19-18(20,21)15(26)14(25-17(27)10-4-2-1-3-5-10)9-11-6-7-12(16(23)24)8-13(11)22/h1-8,14H,9,22H2,(H3,23,24)(H,25,27). The fourth-order valence-electron chi connectivity index (χ4n) is 2.41. The molecule has 1 atom stereocenters. The maximum atomic E-state index is 12.9. The van der Waals surface area contributed by atoms with Crippen molar-refractivity contribution in [1.82, 2.24) is 5.32 Å². The first-order valence-electron chi connectivity index (χ1n) is 7.79. The van der Waals surface area contributed by atoms with Gasteiger partial charge in [-0.1, -0.05) is 30.3 Å². The Kier molecular flexibility index (Phi) is 5.84. The molecule has 0 aliphatic heterocycles. The van der Waals surface area contributed by atoms with Crippen LogP contribution in [0.1, 0.15) is 21.5 Å². The molecule has 0 aliphatic rings.